The molecule has 1 aromatic carbocycles. The van der Waals surface area contributed by atoms with Crippen LogP contribution in [0.15, 0.2) is 30.6 Å². The van der Waals surface area contributed by atoms with E-state index in [0.29, 0.717) is 21.5 Å². The molecule has 0 amide bonds. The summed E-state index contributed by atoms with van der Waals surface area (Å²) in [5.41, 5.74) is 10.4. The summed E-state index contributed by atoms with van der Waals surface area (Å²) in [5.74, 6) is 0.949. The fourth-order valence-corrected chi connectivity index (χ4v) is 5.74. The zero-order valence-corrected chi connectivity index (χ0v) is 18.0. The first-order valence-corrected chi connectivity index (χ1v) is 11.0. The summed E-state index contributed by atoms with van der Waals surface area (Å²) in [5, 5.41) is 1.22. The number of hydrogen-bond donors (Lipinski definition) is 1. The zero-order valence-electron chi connectivity index (χ0n) is 16.5. The SMILES string of the molecule is Cc1nc(N2CCC3(CCC[C@H]3N)CC2)n2ccnc2c1-c1ccc(Cl)cc1Cl. The second-order valence-electron chi connectivity index (χ2n) is 8.47. The Morgan fingerprint density at radius 2 is 1.97 bits per heavy atom. The first-order valence-electron chi connectivity index (χ1n) is 10.3. The molecule has 3 aromatic rings. The molecule has 0 radical (unpaired) electrons. The molecule has 2 aromatic heterocycles. The van der Waals surface area contributed by atoms with Crippen LogP contribution in [-0.2, 0) is 0 Å². The highest BCUT2D eigenvalue weighted by Gasteiger charge is 2.43. The molecule has 0 bridgehead atoms. The summed E-state index contributed by atoms with van der Waals surface area (Å²) < 4.78 is 2.08. The van der Waals surface area contributed by atoms with Crippen molar-refractivity contribution in [1.82, 2.24) is 14.4 Å². The molecule has 1 aliphatic carbocycles. The van der Waals surface area contributed by atoms with Gasteiger partial charge in [0.1, 0.15) is 5.65 Å². The van der Waals surface area contributed by atoms with Gasteiger partial charge in [0.05, 0.1) is 10.7 Å². The fourth-order valence-electron chi connectivity index (χ4n) is 5.24. The van der Waals surface area contributed by atoms with Crippen molar-refractivity contribution in [2.45, 2.75) is 45.1 Å². The molecular weight excluding hydrogens is 405 g/mol. The third-order valence-corrected chi connectivity index (χ3v) is 7.48. The largest absolute Gasteiger partial charge is 0.342 e. The maximum absolute atomic E-state index is 6.50. The Balaban J connectivity index is 1.53. The van der Waals surface area contributed by atoms with E-state index in [-0.39, 0.29) is 0 Å². The Morgan fingerprint density at radius 3 is 2.66 bits per heavy atom. The topological polar surface area (TPSA) is 59.5 Å². The van der Waals surface area contributed by atoms with Crippen molar-refractivity contribution in [2.24, 2.45) is 11.1 Å². The minimum atomic E-state index is 0.330. The van der Waals surface area contributed by atoms with Gasteiger partial charge >= 0.3 is 0 Å². The minimum Gasteiger partial charge on any atom is -0.342 e. The van der Waals surface area contributed by atoms with Gasteiger partial charge in [-0.25, -0.2) is 9.97 Å². The molecular formula is C22H25Cl2N5. The highest BCUT2D eigenvalue weighted by molar-refractivity contribution is 6.36. The summed E-state index contributed by atoms with van der Waals surface area (Å²) >= 11 is 12.6. The molecule has 2 fully saturated rings. The van der Waals surface area contributed by atoms with Crippen LogP contribution < -0.4 is 10.6 Å². The van der Waals surface area contributed by atoms with Gasteiger partial charge in [0.15, 0.2) is 0 Å². The standard InChI is InChI=1S/C22H25Cl2N5/c1-14-19(16-5-4-15(23)13-17(16)24)20-26-9-12-29(20)21(27-14)28-10-7-22(8-11-28)6-2-3-18(22)25/h4-5,9,12-13,18H,2-3,6-8,10-11,25H2,1H3/t18-/m1/s1. The Labute approximate surface area is 180 Å². The number of halogens is 2. The number of benzene rings is 1. The molecule has 5 nitrogen and oxygen atoms in total. The third kappa shape index (κ3) is 3.11. The average molecular weight is 430 g/mol. The summed E-state index contributed by atoms with van der Waals surface area (Å²) in [6, 6.07) is 5.90. The molecule has 1 spiro atoms. The number of anilines is 1. The smallest absolute Gasteiger partial charge is 0.211 e. The molecule has 0 unspecified atom stereocenters. The minimum absolute atomic E-state index is 0.330. The van der Waals surface area contributed by atoms with Gasteiger partial charge in [0, 0.05) is 47.7 Å². The monoisotopic (exact) mass is 429 g/mol. The second-order valence-corrected chi connectivity index (χ2v) is 9.31. The predicted octanol–water partition coefficient (Wildman–Crippen LogP) is 5.11. The van der Waals surface area contributed by atoms with E-state index in [9.17, 15) is 0 Å². The Morgan fingerprint density at radius 1 is 1.17 bits per heavy atom. The summed E-state index contributed by atoms with van der Waals surface area (Å²) in [6.45, 7) is 3.99. The first kappa shape index (κ1) is 19.2. The number of nitrogens with zero attached hydrogens (tertiary/aromatic N) is 4. The lowest BCUT2D eigenvalue weighted by molar-refractivity contribution is 0.197. The number of piperidine rings is 1. The van der Waals surface area contributed by atoms with E-state index in [0.717, 1.165) is 54.3 Å². The highest BCUT2D eigenvalue weighted by Crippen LogP contribution is 2.46. The van der Waals surface area contributed by atoms with Crippen molar-refractivity contribution in [3.8, 4) is 11.1 Å². The maximum Gasteiger partial charge on any atom is 0.211 e. The summed E-state index contributed by atoms with van der Waals surface area (Å²) in [4.78, 5) is 12.0. The number of fused-ring (bicyclic) bond motifs is 1. The van der Waals surface area contributed by atoms with Crippen LogP contribution in [0.4, 0.5) is 5.95 Å². The van der Waals surface area contributed by atoms with Gasteiger partial charge in [0.2, 0.25) is 5.95 Å². The average Bonchev–Trinajstić information content (AvgIpc) is 3.31. The zero-order chi connectivity index (χ0) is 20.2. The van der Waals surface area contributed by atoms with Crippen LogP contribution in [0.25, 0.3) is 16.8 Å². The van der Waals surface area contributed by atoms with Gasteiger partial charge in [-0.15, -0.1) is 0 Å². The molecule has 7 heteroatoms. The Bertz CT molecular complexity index is 1070. The fraction of sp³-hybridized carbons (Fsp3) is 0.455. The molecule has 1 aliphatic heterocycles. The lowest BCUT2D eigenvalue weighted by atomic mass is 9.74. The predicted molar refractivity (Wildman–Crippen MR) is 119 cm³/mol. The van der Waals surface area contributed by atoms with Gasteiger partial charge < -0.3 is 10.6 Å². The molecule has 1 saturated carbocycles. The summed E-state index contributed by atoms with van der Waals surface area (Å²) in [6.07, 6.45) is 9.77. The van der Waals surface area contributed by atoms with E-state index >= 15 is 0 Å². The van der Waals surface area contributed by atoms with Crippen LogP contribution in [0, 0.1) is 12.3 Å². The van der Waals surface area contributed by atoms with Crippen LogP contribution >= 0.6 is 23.2 Å². The number of hydrogen-bond acceptors (Lipinski definition) is 4. The second kappa shape index (κ2) is 7.15. The lowest BCUT2D eigenvalue weighted by Gasteiger charge is -2.42. The van der Waals surface area contributed by atoms with E-state index < -0.39 is 0 Å². The molecule has 2 N–H and O–H groups in total. The molecule has 1 saturated heterocycles. The summed E-state index contributed by atoms with van der Waals surface area (Å²) in [7, 11) is 0. The van der Waals surface area contributed by atoms with E-state index in [1.54, 1.807) is 6.07 Å². The van der Waals surface area contributed by atoms with Crippen molar-refractivity contribution in [3.63, 3.8) is 0 Å². The number of nitrogens with two attached hydrogens (primary N) is 1. The lowest BCUT2D eigenvalue weighted by Crippen LogP contribution is -2.47. The number of imidazole rings is 1. The van der Waals surface area contributed by atoms with Crippen LogP contribution in [-0.4, -0.2) is 33.5 Å². The van der Waals surface area contributed by atoms with Crippen LogP contribution in [0.1, 0.15) is 37.8 Å². The Kier molecular flexibility index (Phi) is 4.72. The Hall–Kier alpha value is -1.82. The quantitative estimate of drug-likeness (QED) is 0.614. The van der Waals surface area contributed by atoms with Gasteiger partial charge in [0.25, 0.3) is 0 Å². The molecule has 1 atom stereocenters. The maximum atomic E-state index is 6.50. The van der Waals surface area contributed by atoms with Crippen molar-refractivity contribution in [3.05, 3.63) is 46.3 Å². The molecule has 152 valence electrons. The first-order chi connectivity index (χ1) is 14.0. The molecule has 5 rings (SSSR count). The van der Waals surface area contributed by atoms with Gasteiger partial charge in [-0.05, 0) is 50.2 Å². The van der Waals surface area contributed by atoms with Crippen molar-refractivity contribution in [2.75, 3.05) is 18.0 Å². The van der Waals surface area contributed by atoms with Gasteiger partial charge in [-0.1, -0.05) is 35.7 Å². The van der Waals surface area contributed by atoms with Gasteiger partial charge in [-0.2, -0.15) is 0 Å². The molecule has 2 aliphatic rings. The number of aryl methyl sites for hydroxylation is 1. The number of rotatable bonds is 2. The van der Waals surface area contributed by atoms with E-state index in [1.807, 2.05) is 31.5 Å². The van der Waals surface area contributed by atoms with Crippen molar-refractivity contribution >= 4 is 34.8 Å². The molecule has 29 heavy (non-hydrogen) atoms. The van der Waals surface area contributed by atoms with E-state index in [4.69, 9.17) is 33.9 Å². The van der Waals surface area contributed by atoms with Gasteiger partial charge in [-0.3, -0.25) is 4.40 Å². The van der Waals surface area contributed by atoms with Crippen LogP contribution in [0.3, 0.4) is 0 Å². The molecule has 3 heterocycles. The van der Waals surface area contributed by atoms with Crippen LogP contribution in [0.5, 0.6) is 0 Å². The van der Waals surface area contributed by atoms with Crippen molar-refractivity contribution < 1.29 is 0 Å². The third-order valence-electron chi connectivity index (χ3n) is 6.93. The van der Waals surface area contributed by atoms with E-state index in [1.165, 1.54) is 19.3 Å². The van der Waals surface area contributed by atoms with Crippen molar-refractivity contribution in [1.29, 1.82) is 0 Å². The normalized spacial score (nSPS) is 21.4. The number of aromatic nitrogens is 3. The highest BCUT2D eigenvalue weighted by atomic mass is 35.5. The van der Waals surface area contributed by atoms with Crippen LogP contribution in [0.2, 0.25) is 10.0 Å². The van der Waals surface area contributed by atoms with E-state index in [2.05, 4.69) is 14.3 Å².